The number of nitrogens with one attached hydrogen (secondary N) is 1. The molecule has 0 saturated carbocycles. The first-order valence-electron chi connectivity index (χ1n) is 7.36. The predicted octanol–water partition coefficient (Wildman–Crippen LogP) is 2.99. The van der Waals surface area contributed by atoms with E-state index in [4.69, 9.17) is 10.5 Å². The maximum atomic E-state index is 5.96. The molecule has 0 amide bonds. The summed E-state index contributed by atoms with van der Waals surface area (Å²) in [5.41, 5.74) is 8.07. The summed E-state index contributed by atoms with van der Waals surface area (Å²) >= 11 is 0. The molecule has 0 aliphatic carbocycles. The number of rotatable bonds is 7. The van der Waals surface area contributed by atoms with E-state index in [0.717, 1.165) is 30.7 Å². The van der Waals surface area contributed by atoms with Gasteiger partial charge in [0.1, 0.15) is 5.75 Å². The Morgan fingerprint density at radius 2 is 2.15 bits per heavy atom. The van der Waals surface area contributed by atoms with Gasteiger partial charge in [-0.25, -0.2) is 4.99 Å². The summed E-state index contributed by atoms with van der Waals surface area (Å²) in [7, 11) is 0. The molecule has 20 heavy (non-hydrogen) atoms. The van der Waals surface area contributed by atoms with Crippen molar-refractivity contribution in [2.45, 2.75) is 53.2 Å². The average molecular weight is 277 g/mol. The van der Waals surface area contributed by atoms with Gasteiger partial charge in [-0.15, -0.1) is 0 Å². The first-order chi connectivity index (χ1) is 9.56. The Labute approximate surface area is 122 Å². The second-order valence-electron chi connectivity index (χ2n) is 5.08. The van der Waals surface area contributed by atoms with Crippen molar-refractivity contribution in [1.29, 1.82) is 0 Å². The standard InChI is InChI=1S/C16H27N3O/c1-5-9-18-16(17)19-11-14-8-7-12(3)10-15(14)20-13(4)6-2/h7-8,10,13H,5-6,9,11H2,1-4H3,(H3,17,18,19). The van der Waals surface area contributed by atoms with Crippen LogP contribution in [0.4, 0.5) is 0 Å². The van der Waals surface area contributed by atoms with E-state index in [1.165, 1.54) is 5.56 Å². The minimum atomic E-state index is 0.204. The molecule has 1 aromatic rings. The maximum absolute atomic E-state index is 5.96. The van der Waals surface area contributed by atoms with Gasteiger partial charge in [0.25, 0.3) is 0 Å². The van der Waals surface area contributed by atoms with E-state index < -0.39 is 0 Å². The third kappa shape index (κ3) is 5.51. The van der Waals surface area contributed by atoms with Crippen LogP contribution in [0.5, 0.6) is 5.75 Å². The summed E-state index contributed by atoms with van der Waals surface area (Å²) in [6, 6.07) is 6.19. The van der Waals surface area contributed by atoms with Crippen LogP contribution in [-0.2, 0) is 6.54 Å². The molecule has 0 aromatic heterocycles. The molecule has 3 N–H and O–H groups in total. The second-order valence-corrected chi connectivity index (χ2v) is 5.08. The topological polar surface area (TPSA) is 59.6 Å². The molecular weight excluding hydrogens is 250 g/mol. The average Bonchev–Trinajstić information content (AvgIpc) is 2.44. The van der Waals surface area contributed by atoms with E-state index in [0.29, 0.717) is 12.5 Å². The Morgan fingerprint density at radius 3 is 2.80 bits per heavy atom. The minimum Gasteiger partial charge on any atom is -0.490 e. The third-order valence-corrected chi connectivity index (χ3v) is 3.10. The fourth-order valence-corrected chi connectivity index (χ4v) is 1.68. The lowest BCUT2D eigenvalue weighted by Crippen LogP contribution is -2.32. The van der Waals surface area contributed by atoms with Gasteiger partial charge in [0.2, 0.25) is 0 Å². The van der Waals surface area contributed by atoms with Crippen LogP contribution in [0.1, 0.15) is 44.7 Å². The minimum absolute atomic E-state index is 0.204. The lowest BCUT2D eigenvalue weighted by molar-refractivity contribution is 0.215. The number of nitrogens with two attached hydrogens (primary N) is 1. The first kappa shape index (κ1) is 16.3. The molecule has 0 radical (unpaired) electrons. The summed E-state index contributed by atoms with van der Waals surface area (Å²) in [6.07, 6.45) is 2.22. The SMILES string of the molecule is CCCNC(N)=NCc1ccc(C)cc1OC(C)CC. The van der Waals surface area contributed by atoms with E-state index in [1.807, 2.05) is 0 Å². The van der Waals surface area contributed by atoms with Crippen LogP contribution < -0.4 is 15.8 Å². The normalized spacial score (nSPS) is 13.1. The number of aryl methyl sites for hydroxylation is 1. The number of hydrogen-bond donors (Lipinski definition) is 2. The van der Waals surface area contributed by atoms with Crippen LogP contribution in [0.3, 0.4) is 0 Å². The van der Waals surface area contributed by atoms with Gasteiger partial charge in [-0.1, -0.05) is 26.0 Å². The highest BCUT2D eigenvalue weighted by atomic mass is 16.5. The Bertz CT molecular complexity index is 443. The summed E-state index contributed by atoms with van der Waals surface area (Å²) in [4.78, 5) is 4.36. The molecule has 1 unspecified atom stereocenters. The van der Waals surface area contributed by atoms with E-state index in [-0.39, 0.29) is 6.10 Å². The highest BCUT2D eigenvalue weighted by Gasteiger charge is 2.07. The van der Waals surface area contributed by atoms with Gasteiger partial charge >= 0.3 is 0 Å². The fraction of sp³-hybridized carbons (Fsp3) is 0.562. The highest BCUT2D eigenvalue weighted by molar-refractivity contribution is 5.77. The van der Waals surface area contributed by atoms with E-state index in [1.54, 1.807) is 0 Å². The zero-order valence-electron chi connectivity index (χ0n) is 13.1. The molecule has 0 heterocycles. The van der Waals surface area contributed by atoms with Crippen LogP contribution in [0.25, 0.3) is 0 Å². The van der Waals surface area contributed by atoms with Gasteiger partial charge in [0, 0.05) is 12.1 Å². The fourth-order valence-electron chi connectivity index (χ4n) is 1.68. The molecule has 0 fully saturated rings. The molecule has 0 aliphatic heterocycles. The Balaban J connectivity index is 2.78. The van der Waals surface area contributed by atoms with Gasteiger partial charge in [0.15, 0.2) is 5.96 Å². The Hall–Kier alpha value is -1.71. The molecule has 0 saturated heterocycles. The molecule has 0 bridgehead atoms. The van der Waals surface area contributed by atoms with Gasteiger partial charge in [-0.05, 0) is 38.3 Å². The summed E-state index contributed by atoms with van der Waals surface area (Å²) in [6.45, 7) is 9.73. The van der Waals surface area contributed by atoms with Gasteiger partial charge in [-0.3, -0.25) is 0 Å². The van der Waals surface area contributed by atoms with Crippen molar-refractivity contribution in [2.75, 3.05) is 6.54 Å². The first-order valence-corrected chi connectivity index (χ1v) is 7.36. The lowest BCUT2D eigenvalue weighted by Gasteiger charge is -2.16. The zero-order valence-corrected chi connectivity index (χ0v) is 13.1. The van der Waals surface area contributed by atoms with Crippen LogP contribution in [0, 0.1) is 6.92 Å². The van der Waals surface area contributed by atoms with Crippen molar-refractivity contribution in [3.05, 3.63) is 29.3 Å². The van der Waals surface area contributed by atoms with Gasteiger partial charge < -0.3 is 15.8 Å². The van der Waals surface area contributed by atoms with E-state index in [9.17, 15) is 0 Å². The highest BCUT2D eigenvalue weighted by Crippen LogP contribution is 2.23. The Kier molecular flexibility index (Phi) is 6.91. The summed E-state index contributed by atoms with van der Waals surface area (Å²) in [5, 5.41) is 3.07. The monoisotopic (exact) mass is 277 g/mol. The maximum Gasteiger partial charge on any atom is 0.188 e. The van der Waals surface area contributed by atoms with Crippen LogP contribution in [0.2, 0.25) is 0 Å². The zero-order chi connectivity index (χ0) is 15.0. The largest absolute Gasteiger partial charge is 0.490 e. The van der Waals surface area contributed by atoms with E-state index in [2.05, 4.69) is 56.2 Å². The van der Waals surface area contributed by atoms with Crippen LogP contribution >= 0.6 is 0 Å². The second kappa shape index (κ2) is 8.46. The van der Waals surface area contributed by atoms with Crippen molar-refractivity contribution in [3.63, 3.8) is 0 Å². The van der Waals surface area contributed by atoms with Crippen molar-refractivity contribution >= 4 is 5.96 Å². The molecule has 4 heteroatoms. The smallest absolute Gasteiger partial charge is 0.188 e. The lowest BCUT2D eigenvalue weighted by atomic mass is 10.1. The molecule has 4 nitrogen and oxygen atoms in total. The van der Waals surface area contributed by atoms with Crippen LogP contribution in [0.15, 0.2) is 23.2 Å². The third-order valence-electron chi connectivity index (χ3n) is 3.10. The van der Waals surface area contributed by atoms with Crippen molar-refractivity contribution in [2.24, 2.45) is 10.7 Å². The van der Waals surface area contributed by atoms with E-state index >= 15 is 0 Å². The molecule has 1 atom stereocenters. The predicted molar refractivity (Wildman–Crippen MR) is 85.2 cm³/mol. The quantitative estimate of drug-likeness (QED) is 0.595. The van der Waals surface area contributed by atoms with Crippen molar-refractivity contribution in [3.8, 4) is 5.75 Å². The summed E-state index contributed by atoms with van der Waals surface area (Å²) < 4.78 is 5.96. The Morgan fingerprint density at radius 1 is 1.40 bits per heavy atom. The molecular formula is C16H27N3O. The molecule has 0 spiro atoms. The number of benzene rings is 1. The molecule has 1 aromatic carbocycles. The number of hydrogen-bond acceptors (Lipinski definition) is 2. The van der Waals surface area contributed by atoms with Crippen molar-refractivity contribution in [1.82, 2.24) is 5.32 Å². The van der Waals surface area contributed by atoms with Gasteiger partial charge in [0.05, 0.1) is 12.6 Å². The number of guanidine groups is 1. The number of aliphatic imine (C=N–C) groups is 1. The number of nitrogens with zero attached hydrogens (tertiary/aromatic N) is 1. The van der Waals surface area contributed by atoms with Crippen molar-refractivity contribution < 1.29 is 4.74 Å². The molecule has 1 rings (SSSR count). The molecule has 112 valence electrons. The van der Waals surface area contributed by atoms with Crippen LogP contribution in [-0.4, -0.2) is 18.6 Å². The summed E-state index contributed by atoms with van der Waals surface area (Å²) in [5.74, 6) is 1.40. The van der Waals surface area contributed by atoms with Gasteiger partial charge in [-0.2, -0.15) is 0 Å². The number of ether oxygens (including phenoxy) is 1. The molecule has 0 aliphatic rings.